The molecule has 0 spiro atoms. The average molecular weight is 248 g/mol. The fourth-order valence-corrected chi connectivity index (χ4v) is 2.80. The Kier molecular flexibility index (Phi) is 2.68. The maximum atomic E-state index is 13.1. The first kappa shape index (κ1) is 10.9. The molecule has 1 unspecified atom stereocenters. The first-order valence-corrected chi connectivity index (χ1v) is 6.59. The highest BCUT2D eigenvalue weighted by Crippen LogP contribution is 2.40. The fourth-order valence-electron chi connectivity index (χ4n) is 1.88. The van der Waals surface area contributed by atoms with Crippen LogP contribution in [0.25, 0.3) is 11.3 Å². The molecule has 4 heteroatoms. The van der Waals surface area contributed by atoms with Crippen molar-refractivity contribution in [2.45, 2.75) is 18.9 Å². The lowest BCUT2D eigenvalue weighted by Gasteiger charge is -2.04. The fraction of sp³-hybridized carbons (Fsp3) is 0.308. The van der Waals surface area contributed by atoms with Gasteiger partial charge in [-0.2, -0.15) is 0 Å². The molecular formula is C13H13FN2S. The van der Waals surface area contributed by atoms with Gasteiger partial charge in [0.15, 0.2) is 0 Å². The molecule has 0 radical (unpaired) electrons. The molecule has 0 bridgehead atoms. The SMILES string of the molecule is NC(c1nc(-c2cccc(F)c2)cs1)C1CC1. The molecule has 0 aliphatic heterocycles. The van der Waals surface area contributed by atoms with E-state index < -0.39 is 0 Å². The third-order valence-electron chi connectivity index (χ3n) is 3.06. The first-order valence-electron chi connectivity index (χ1n) is 5.71. The monoisotopic (exact) mass is 248 g/mol. The molecule has 1 aliphatic carbocycles. The van der Waals surface area contributed by atoms with E-state index in [9.17, 15) is 4.39 Å². The van der Waals surface area contributed by atoms with Crippen molar-refractivity contribution in [3.8, 4) is 11.3 Å². The van der Waals surface area contributed by atoms with Crippen molar-refractivity contribution in [1.82, 2.24) is 4.98 Å². The van der Waals surface area contributed by atoms with Crippen LogP contribution >= 0.6 is 11.3 Å². The Balaban J connectivity index is 1.89. The van der Waals surface area contributed by atoms with E-state index >= 15 is 0 Å². The largest absolute Gasteiger partial charge is 0.322 e. The summed E-state index contributed by atoms with van der Waals surface area (Å²) in [5.41, 5.74) is 7.73. The van der Waals surface area contributed by atoms with Gasteiger partial charge in [-0.1, -0.05) is 12.1 Å². The van der Waals surface area contributed by atoms with Gasteiger partial charge in [-0.15, -0.1) is 11.3 Å². The van der Waals surface area contributed by atoms with E-state index in [1.54, 1.807) is 17.4 Å². The van der Waals surface area contributed by atoms with Gasteiger partial charge in [0.1, 0.15) is 10.8 Å². The zero-order valence-electron chi connectivity index (χ0n) is 9.27. The van der Waals surface area contributed by atoms with E-state index in [1.807, 2.05) is 11.4 Å². The summed E-state index contributed by atoms with van der Waals surface area (Å²) >= 11 is 1.57. The summed E-state index contributed by atoms with van der Waals surface area (Å²) in [4.78, 5) is 4.51. The number of hydrogen-bond acceptors (Lipinski definition) is 3. The zero-order valence-corrected chi connectivity index (χ0v) is 10.1. The minimum Gasteiger partial charge on any atom is -0.322 e. The van der Waals surface area contributed by atoms with Crippen LogP contribution in [0.5, 0.6) is 0 Å². The van der Waals surface area contributed by atoms with Gasteiger partial charge in [0, 0.05) is 10.9 Å². The Morgan fingerprint density at radius 2 is 2.24 bits per heavy atom. The molecule has 1 atom stereocenters. The zero-order chi connectivity index (χ0) is 11.8. The van der Waals surface area contributed by atoms with Crippen LogP contribution in [-0.4, -0.2) is 4.98 Å². The summed E-state index contributed by atoms with van der Waals surface area (Å²) in [6.07, 6.45) is 2.41. The number of nitrogens with two attached hydrogens (primary N) is 1. The highest BCUT2D eigenvalue weighted by molar-refractivity contribution is 7.10. The average Bonchev–Trinajstić information content (AvgIpc) is 3.05. The quantitative estimate of drug-likeness (QED) is 0.904. The Morgan fingerprint density at radius 1 is 1.41 bits per heavy atom. The molecule has 0 amide bonds. The second-order valence-electron chi connectivity index (χ2n) is 4.44. The number of rotatable bonds is 3. The van der Waals surface area contributed by atoms with Crippen LogP contribution in [0.3, 0.4) is 0 Å². The van der Waals surface area contributed by atoms with Gasteiger partial charge in [-0.3, -0.25) is 0 Å². The molecule has 17 heavy (non-hydrogen) atoms. The molecule has 3 rings (SSSR count). The summed E-state index contributed by atoms with van der Waals surface area (Å²) < 4.78 is 13.1. The van der Waals surface area contributed by atoms with E-state index in [1.165, 1.54) is 25.0 Å². The minimum absolute atomic E-state index is 0.0577. The van der Waals surface area contributed by atoms with Gasteiger partial charge in [-0.25, -0.2) is 9.37 Å². The van der Waals surface area contributed by atoms with Crippen LogP contribution < -0.4 is 5.73 Å². The molecule has 1 aliphatic rings. The normalized spacial score (nSPS) is 17.1. The first-order chi connectivity index (χ1) is 8.24. The molecule has 2 N–H and O–H groups in total. The number of aromatic nitrogens is 1. The van der Waals surface area contributed by atoms with E-state index in [4.69, 9.17) is 5.73 Å². The number of halogens is 1. The lowest BCUT2D eigenvalue weighted by Crippen LogP contribution is -2.11. The minimum atomic E-state index is -0.233. The van der Waals surface area contributed by atoms with E-state index in [0.29, 0.717) is 5.92 Å². The topological polar surface area (TPSA) is 38.9 Å². The second-order valence-corrected chi connectivity index (χ2v) is 5.33. The van der Waals surface area contributed by atoms with Crippen LogP contribution in [0.4, 0.5) is 4.39 Å². The summed E-state index contributed by atoms with van der Waals surface area (Å²) in [5.74, 6) is 0.366. The summed E-state index contributed by atoms with van der Waals surface area (Å²) in [6.45, 7) is 0. The van der Waals surface area contributed by atoms with Gasteiger partial charge >= 0.3 is 0 Å². The molecule has 1 aromatic carbocycles. The van der Waals surface area contributed by atoms with Crippen molar-refractivity contribution in [2.75, 3.05) is 0 Å². The maximum absolute atomic E-state index is 13.1. The Labute approximate surface area is 103 Å². The predicted octanol–water partition coefficient (Wildman–Crippen LogP) is 3.36. The van der Waals surface area contributed by atoms with Gasteiger partial charge < -0.3 is 5.73 Å². The van der Waals surface area contributed by atoms with Crippen molar-refractivity contribution in [3.05, 3.63) is 40.5 Å². The van der Waals surface area contributed by atoms with Crippen molar-refractivity contribution in [1.29, 1.82) is 0 Å². The number of nitrogens with zero attached hydrogens (tertiary/aromatic N) is 1. The van der Waals surface area contributed by atoms with E-state index in [-0.39, 0.29) is 11.9 Å². The molecular weight excluding hydrogens is 235 g/mol. The van der Waals surface area contributed by atoms with Crippen molar-refractivity contribution in [2.24, 2.45) is 11.7 Å². The Hall–Kier alpha value is -1.26. The van der Waals surface area contributed by atoms with Gasteiger partial charge in [-0.05, 0) is 30.9 Å². The molecule has 1 saturated carbocycles. The molecule has 1 aromatic heterocycles. The predicted molar refractivity (Wildman–Crippen MR) is 67.2 cm³/mol. The molecule has 88 valence electrons. The smallest absolute Gasteiger partial charge is 0.123 e. The highest BCUT2D eigenvalue weighted by atomic mass is 32.1. The maximum Gasteiger partial charge on any atom is 0.123 e. The number of hydrogen-bond donors (Lipinski definition) is 1. The summed E-state index contributed by atoms with van der Waals surface area (Å²) in [5, 5.41) is 2.92. The van der Waals surface area contributed by atoms with Crippen LogP contribution in [-0.2, 0) is 0 Å². The van der Waals surface area contributed by atoms with Crippen LogP contribution in [0.15, 0.2) is 29.6 Å². The van der Waals surface area contributed by atoms with Gasteiger partial charge in [0.25, 0.3) is 0 Å². The molecule has 2 aromatic rings. The van der Waals surface area contributed by atoms with Crippen LogP contribution in [0, 0.1) is 11.7 Å². The number of thiazole rings is 1. The molecule has 0 saturated heterocycles. The highest BCUT2D eigenvalue weighted by Gasteiger charge is 2.31. The molecule has 1 fully saturated rings. The van der Waals surface area contributed by atoms with Crippen molar-refractivity contribution >= 4 is 11.3 Å². The molecule has 2 nitrogen and oxygen atoms in total. The van der Waals surface area contributed by atoms with E-state index in [2.05, 4.69) is 4.98 Å². The lowest BCUT2D eigenvalue weighted by molar-refractivity contribution is 0.627. The molecule has 1 heterocycles. The summed E-state index contributed by atoms with van der Waals surface area (Å²) in [7, 11) is 0. The van der Waals surface area contributed by atoms with Crippen molar-refractivity contribution < 1.29 is 4.39 Å². The third kappa shape index (κ3) is 2.23. The van der Waals surface area contributed by atoms with E-state index in [0.717, 1.165) is 16.3 Å². The van der Waals surface area contributed by atoms with Gasteiger partial charge in [0.05, 0.1) is 11.7 Å². The third-order valence-corrected chi connectivity index (χ3v) is 4.00. The summed E-state index contributed by atoms with van der Waals surface area (Å²) in [6, 6.07) is 6.56. The standard InChI is InChI=1S/C13H13FN2S/c14-10-3-1-2-9(6-10)11-7-17-13(16-11)12(15)8-4-5-8/h1-3,6-8,12H,4-5,15H2. The Bertz CT molecular complexity index is 534. The van der Waals surface area contributed by atoms with Crippen LogP contribution in [0.2, 0.25) is 0 Å². The van der Waals surface area contributed by atoms with Crippen molar-refractivity contribution in [3.63, 3.8) is 0 Å². The number of benzene rings is 1. The Morgan fingerprint density at radius 3 is 2.94 bits per heavy atom. The lowest BCUT2D eigenvalue weighted by atomic mass is 10.1. The van der Waals surface area contributed by atoms with Gasteiger partial charge in [0.2, 0.25) is 0 Å². The van der Waals surface area contributed by atoms with Crippen LogP contribution in [0.1, 0.15) is 23.9 Å². The second kappa shape index (κ2) is 4.20.